The average Bonchev–Trinajstić information content (AvgIpc) is 3.35. The quantitative estimate of drug-likeness (QED) is 0.662. The van der Waals surface area contributed by atoms with Crippen molar-refractivity contribution in [1.82, 2.24) is 4.90 Å². The van der Waals surface area contributed by atoms with Crippen molar-refractivity contribution < 1.29 is 9.84 Å². The number of hydrogen-bond donors (Lipinski definition) is 1. The molecule has 0 saturated heterocycles. The molecular weight excluding hydrogens is 358 g/mol. The second-order valence-corrected chi connectivity index (χ2v) is 9.00. The van der Waals surface area contributed by atoms with Gasteiger partial charge in [-0.1, -0.05) is 74.0 Å². The minimum Gasteiger partial charge on any atom is -0.378 e. The fourth-order valence-electron chi connectivity index (χ4n) is 5.66. The first-order valence-electron chi connectivity index (χ1n) is 11.3. The third-order valence-corrected chi connectivity index (χ3v) is 7.19. The summed E-state index contributed by atoms with van der Waals surface area (Å²) >= 11 is 0. The zero-order valence-corrected chi connectivity index (χ0v) is 17.8. The highest BCUT2D eigenvalue weighted by molar-refractivity contribution is 5.36. The number of hydrogen-bond acceptors (Lipinski definition) is 3. The first-order valence-corrected chi connectivity index (χ1v) is 11.3. The van der Waals surface area contributed by atoms with Gasteiger partial charge in [-0.05, 0) is 56.3 Å². The smallest absolute Gasteiger partial charge is 0.138 e. The SMILES string of the molecule is CCCCN(C)C1C2CCC1C(OCC(O)(c1ccccc1)c1ccccc1)C2. The summed E-state index contributed by atoms with van der Waals surface area (Å²) in [5.74, 6) is 1.34. The molecule has 2 saturated carbocycles. The van der Waals surface area contributed by atoms with Gasteiger partial charge in [0.1, 0.15) is 5.60 Å². The number of rotatable bonds is 9. The molecule has 0 heterocycles. The third-order valence-electron chi connectivity index (χ3n) is 7.19. The lowest BCUT2D eigenvalue weighted by Gasteiger charge is -2.33. The fraction of sp³-hybridized carbons (Fsp3) is 0.538. The van der Waals surface area contributed by atoms with E-state index in [4.69, 9.17) is 4.74 Å². The van der Waals surface area contributed by atoms with E-state index in [1.54, 1.807) is 0 Å². The van der Waals surface area contributed by atoms with E-state index in [9.17, 15) is 5.11 Å². The normalized spacial score (nSPS) is 26.3. The van der Waals surface area contributed by atoms with Crippen molar-refractivity contribution in [2.24, 2.45) is 11.8 Å². The third kappa shape index (κ3) is 4.14. The molecule has 29 heavy (non-hydrogen) atoms. The number of ether oxygens (including phenoxy) is 1. The molecule has 156 valence electrons. The Bertz CT molecular complexity index is 723. The van der Waals surface area contributed by atoms with Gasteiger partial charge in [-0.25, -0.2) is 0 Å². The molecular formula is C26H35NO2. The Balaban J connectivity index is 1.49. The number of aliphatic hydroxyl groups is 1. The molecule has 3 heteroatoms. The van der Waals surface area contributed by atoms with Crippen LogP contribution in [0.1, 0.15) is 50.2 Å². The molecule has 3 nitrogen and oxygen atoms in total. The van der Waals surface area contributed by atoms with E-state index in [1.165, 1.54) is 32.2 Å². The van der Waals surface area contributed by atoms with Crippen LogP contribution in [0.4, 0.5) is 0 Å². The van der Waals surface area contributed by atoms with Crippen molar-refractivity contribution >= 4 is 0 Å². The minimum atomic E-state index is -1.12. The monoisotopic (exact) mass is 393 g/mol. The standard InChI is InChI=1S/C26H35NO2/c1-3-4-17-27(2)25-20-15-16-23(25)24(18-20)29-19-26(28,21-11-7-5-8-12-21)22-13-9-6-10-14-22/h5-14,20,23-25,28H,3-4,15-19H2,1-2H3. The summed E-state index contributed by atoms with van der Waals surface area (Å²) in [5.41, 5.74) is 0.672. The zero-order chi connectivity index (χ0) is 20.3. The van der Waals surface area contributed by atoms with Crippen LogP contribution in [-0.4, -0.2) is 42.4 Å². The van der Waals surface area contributed by atoms with Crippen LogP contribution in [-0.2, 0) is 10.3 Å². The Morgan fingerprint density at radius 3 is 2.21 bits per heavy atom. The van der Waals surface area contributed by atoms with Crippen LogP contribution in [0.5, 0.6) is 0 Å². The molecule has 2 aromatic carbocycles. The van der Waals surface area contributed by atoms with Gasteiger partial charge in [0.25, 0.3) is 0 Å². The van der Waals surface area contributed by atoms with Gasteiger partial charge in [0, 0.05) is 12.0 Å². The maximum absolute atomic E-state index is 11.7. The highest BCUT2D eigenvalue weighted by Crippen LogP contribution is 2.49. The van der Waals surface area contributed by atoms with Crippen LogP contribution in [0.3, 0.4) is 0 Å². The molecule has 4 rings (SSSR count). The summed E-state index contributed by atoms with van der Waals surface area (Å²) in [6.07, 6.45) is 6.47. The fourth-order valence-corrected chi connectivity index (χ4v) is 5.66. The lowest BCUT2D eigenvalue weighted by Crippen LogP contribution is -2.39. The summed E-state index contributed by atoms with van der Waals surface area (Å²) in [7, 11) is 2.29. The van der Waals surface area contributed by atoms with Crippen molar-refractivity contribution in [3.8, 4) is 0 Å². The summed E-state index contributed by atoms with van der Waals surface area (Å²) in [6, 6.07) is 20.6. The highest BCUT2D eigenvalue weighted by Gasteiger charge is 2.50. The first-order chi connectivity index (χ1) is 14.1. The highest BCUT2D eigenvalue weighted by atomic mass is 16.5. The van der Waals surface area contributed by atoms with Crippen LogP contribution in [0.2, 0.25) is 0 Å². The summed E-state index contributed by atoms with van der Waals surface area (Å²) in [6.45, 7) is 3.75. The summed E-state index contributed by atoms with van der Waals surface area (Å²) < 4.78 is 6.52. The van der Waals surface area contributed by atoms with Crippen LogP contribution < -0.4 is 0 Å². The lowest BCUT2D eigenvalue weighted by atomic mass is 9.87. The predicted octanol–water partition coefficient (Wildman–Crippen LogP) is 4.84. The molecule has 2 aromatic rings. The van der Waals surface area contributed by atoms with Crippen molar-refractivity contribution in [2.75, 3.05) is 20.2 Å². The summed E-state index contributed by atoms with van der Waals surface area (Å²) in [5, 5.41) is 11.7. The second kappa shape index (κ2) is 8.99. The van der Waals surface area contributed by atoms with E-state index in [2.05, 4.69) is 18.9 Å². The van der Waals surface area contributed by atoms with Crippen LogP contribution in [0, 0.1) is 11.8 Å². The molecule has 2 bridgehead atoms. The van der Waals surface area contributed by atoms with Crippen molar-refractivity contribution in [2.45, 2.75) is 56.8 Å². The Kier molecular flexibility index (Phi) is 6.38. The number of benzene rings is 2. The Morgan fingerprint density at radius 1 is 1.00 bits per heavy atom. The largest absolute Gasteiger partial charge is 0.378 e. The molecule has 0 radical (unpaired) electrons. The van der Waals surface area contributed by atoms with Gasteiger partial charge < -0.3 is 14.7 Å². The average molecular weight is 394 g/mol. The maximum Gasteiger partial charge on any atom is 0.138 e. The predicted molar refractivity (Wildman–Crippen MR) is 118 cm³/mol. The van der Waals surface area contributed by atoms with Gasteiger partial charge in [-0.3, -0.25) is 0 Å². The van der Waals surface area contributed by atoms with E-state index in [1.807, 2.05) is 60.7 Å². The molecule has 0 aromatic heterocycles. The molecule has 2 aliphatic rings. The first kappa shape index (κ1) is 20.6. The van der Waals surface area contributed by atoms with E-state index in [0.29, 0.717) is 18.6 Å². The van der Waals surface area contributed by atoms with Gasteiger partial charge in [0.2, 0.25) is 0 Å². The number of fused-ring (bicyclic) bond motifs is 2. The van der Waals surface area contributed by atoms with Gasteiger partial charge in [-0.2, -0.15) is 0 Å². The van der Waals surface area contributed by atoms with Gasteiger partial charge in [-0.15, -0.1) is 0 Å². The molecule has 0 aliphatic heterocycles. The van der Waals surface area contributed by atoms with E-state index < -0.39 is 5.60 Å². The number of nitrogens with zero attached hydrogens (tertiary/aromatic N) is 1. The molecule has 1 N–H and O–H groups in total. The van der Waals surface area contributed by atoms with Gasteiger partial charge in [0.05, 0.1) is 12.7 Å². The van der Waals surface area contributed by atoms with Crippen LogP contribution in [0.15, 0.2) is 60.7 Å². The molecule has 4 unspecified atom stereocenters. The van der Waals surface area contributed by atoms with Crippen LogP contribution >= 0.6 is 0 Å². The Hall–Kier alpha value is -1.68. The molecule has 4 atom stereocenters. The summed E-state index contributed by atoms with van der Waals surface area (Å²) in [4.78, 5) is 2.58. The lowest BCUT2D eigenvalue weighted by molar-refractivity contribution is -0.0721. The van der Waals surface area contributed by atoms with E-state index >= 15 is 0 Å². The molecule has 0 amide bonds. The Labute approximate surface area is 175 Å². The maximum atomic E-state index is 11.7. The zero-order valence-electron chi connectivity index (χ0n) is 17.8. The van der Waals surface area contributed by atoms with Gasteiger partial charge in [0.15, 0.2) is 0 Å². The number of unbranched alkanes of at least 4 members (excludes halogenated alkanes) is 1. The topological polar surface area (TPSA) is 32.7 Å². The molecule has 0 spiro atoms. The molecule has 2 aliphatic carbocycles. The van der Waals surface area contributed by atoms with Crippen molar-refractivity contribution in [3.63, 3.8) is 0 Å². The second-order valence-electron chi connectivity index (χ2n) is 9.00. The van der Waals surface area contributed by atoms with Gasteiger partial charge >= 0.3 is 0 Å². The Morgan fingerprint density at radius 2 is 1.62 bits per heavy atom. The molecule has 2 fully saturated rings. The van der Waals surface area contributed by atoms with E-state index in [0.717, 1.165) is 23.5 Å². The van der Waals surface area contributed by atoms with Crippen molar-refractivity contribution in [3.05, 3.63) is 71.8 Å². The van der Waals surface area contributed by atoms with Crippen molar-refractivity contribution in [1.29, 1.82) is 0 Å². The minimum absolute atomic E-state index is 0.252. The van der Waals surface area contributed by atoms with Crippen LogP contribution in [0.25, 0.3) is 0 Å². The van der Waals surface area contributed by atoms with E-state index in [-0.39, 0.29) is 6.10 Å².